The number of β-amino-alcohol motifs (C(OH)–C–C–N with tert-alkyl or cyclic N) is 1. The third-order valence-electron chi connectivity index (χ3n) is 6.50. The lowest BCUT2D eigenvalue weighted by Gasteiger charge is -2.36. The molecule has 8 nitrogen and oxygen atoms in total. The zero-order valence-corrected chi connectivity index (χ0v) is 17.7. The number of piperazine rings is 1. The van der Waals surface area contributed by atoms with Gasteiger partial charge in [-0.15, -0.1) is 0 Å². The monoisotopic (exact) mass is 405 g/mol. The highest BCUT2D eigenvalue weighted by Crippen LogP contribution is 2.40. The van der Waals surface area contributed by atoms with Crippen molar-refractivity contribution in [2.24, 2.45) is 0 Å². The SMILES string of the molecule is [B]B([B])B([B])B(B([B])[B])B1CC1CN1CCN(CC(O)Cn2ccnc2[N+](=O)[O-])CC1. The van der Waals surface area contributed by atoms with Crippen molar-refractivity contribution in [3.8, 4) is 0 Å². The van der Waals surface area contributed by atoms with E-state index < -0.39 is 30.2 Å². The van der Waals surface area contributed by atoms with E-state index in [0.717, 1.165) is 39.0 Å². The normalized spacial score (nSPS) is 20.3. The van der Waals surface area contributed by atoms with Crippen LogP contribution in [0, 0.1) is 10.1 Å². The first-order valence-electron chi connectivity index (χ1n) is 10.7. The Hall–Kier alpha value is -0.861. The summed E-state index contributed by atoms with van der Waals surface area (Å²) >= 11 is 0. The van der Waals surface area contributed by atoms with Crippen molar-refractivity contribution in [3.63, 3.8) is 0 Å². The van der Waals surface area contributed by atoms with Gasteiger partial charge in [0.15, 0.2) is 0 Å². The van der Waals surface area contributed by atoms with Crippen LogP contribution in [0.3, 0.4) is 0 Å². The number of hydrogen-bond acceptors (Lipinski definition) is 6. The van der Waals surface area contributed by atoms with Gasteiger partial charge in [-0.3, -0.25) is 4.90 Å². The molecule has 3 heterocycles. The molecule has 3 rings (SSSR count). The van der Waals surface area contributed by atoms with Gasteiger partial charge in [0, 0.05) is 96.9 Å². The van der Waals surface area contributed by atoms with Gasteiger partial charge in [-0.2, -0.15) is 0 Å². The summed E-state index contributed by atoms with van der Waals surface area (Å²) in [5.74, 6) is 0.233. The number of rotatable bonds is 11. The van der Waals surface area contributed by atoms with Crippen LogP contribution < -0.4 is 0 Å². The lowest BCUT2D eigenvalue weighted by atomic mass is 8.57. The lowest BCUT2D eigenvalue weighted by molar-refractivity contribution is -0.397. The highest BCUT2D eigenvalue weighted by Gasteiger charge is 2.50. The zero-order chi connectivity index (χ0) is 22.7. The lowest BCUT2D eigenvalue weighted by Crippen LogP contribution is -2.63. The molecule has 1 aromatic heterocycles. The minimum Gasteiger partial charge on any atom is -0.390 e. The first kappa shape index (κ1) is 24.8. The molecule has 31 heavy (non-hydrogen) atoms. The van der Waals surface area contributed by atoms with Gasteiger partial charge in [-0.25, -0.2) is 4.57 Å². The van der Waals surface area contributed by atoms with Gasteiger partial charge in [0.2, 0.25) is 0 Å². The summed E-state index contributed by atoms with van der Waals surface area (Å²) in [6.45, 7) is 5.34. The molecular weight excluding hydrogens is 382 g/mol. The molecule has 2 atom stereocenters. The van der Waals surface area contributed by atoms with Crippen LogP contribution in [0.25, 0.3) is 0 Å². The summed E-state index contributed by atoms with van der Waals surface area (Å²) in [6.07, 6.45) is 1.51. The highest BCUT2D eigenvalue weighted by atomic mass is 16.6. The Labute approximate surface area is 192 Å². The molecule has 146 valence electrons. The summed E-state index contributed by atoms with van der Waals surface area (Å²) < 4.78 is 1.37. The number of hydrogen-bond donors (Lipinski definition) is 1. The van der Waals surface area contributed by atoms with Gasteiger partial charge < -0.3 is 20.1 Å². The van der Waals surface area contributed by atoms with Crippen LogP contribution in [0.15, 0.2) is 12.4 Å². The van der Waals surface area contributed by atoms with Gasteiger partial charge in [0.05, 0.1) is 19.3 Å². The summed E-state index contributed by atoms with van der Waals surface area (Å²) in [5.41, 5.74) is 0. The smallest absolute Gasteiger partial charge is 0.390 e. The van der Waals surface area contributed by atoms with Crippen LogP contribution in [0.1, 0.15) is 0 Å². The van der Waals surface area contributed by atoms with Gasteiger partial charge in [0.1, 0.15) is 12.4 Å². The van der Waals surface area contributed by atoms with Crippen LogP contribution in [0.2, 0.25) is 12.1 Å². The number of nitrogens with zero attached hydrogens (tertiary/aromatic N) is 5. The summed E-state index contributed by atoms with van der Waals surface area (Å²) in [6, 6.07) is 0. The molecule has 0 aromatic carbocycles. The number of aliphatic hydroxyl groups is 1. The van der Waals surface area contributed by atoms with Crippen molar-refractivity contribution >= 4 is 76.8 Å². The molecule has 0 saturated carbocycles. The first-order valence-corrected chi connectivity index (χ1v) is 10.7. The van der Waals surface area contributed by atoms with Gasteiger partial charge >= 0.3 is 5.95 Å². The number of aromatic nitrogens is 2. The molecule has 1 aromatic rings. The molecule has 0 spiro atoms. The summed E-state index contributed by atoms with van der Waals surface area (Å²) in [4.78, 5) is 18.7. The van der Waals surface area contributed by atoms with Gasteiger partial charge in [-0.05, 0) is 11.5 Å². The predicted molar refractivity (Wildman–Crippen MR) is 134 cm³/mol. The maximum Gasteiger partial charge on any atom is 0.434 e. The van der Waals surface area contributed by atoms with Crippen LogP contribution in [0.4, 0.5) is 5.95 Å². The average Bonchev–Trinajstić information content (AvgIpc) is 3.26. The molecular formula is C13H21B10N5O3. The fraction of sp³-hybridized carbons (Fsp3) is 0.769. The molecule has 0 amide bonds. The predicted octanol–water partition coefficient (Wildman–Crippen LogP) is -3.73. The molecule has 2 aliphatic heterocycles. The number of aliphatic hydroxyl groups excluding tert-OH is 1. The number of nitro groups is 1. The van der Waals surface area contributed by atoms with E-state index in [1.165, 1.54) is 17.0 Å². The molecule has 10 radical (unpaired) electrons. The summed E-state index contributed by atoms with van der Waals surface area (Å²) in [7, 11) is 29.6. The Morgan fingerprint density at radius 1 is 1.16 bits per heavy atom. The van der Waals surface area contributed by atoms with Crippen LogP contribution in [-0.4, -0.2) is 146 Å². The molecule has 1 N–H and O–H groups in total. The maximum absolute atomic E-state index is 10.9. The maximum atomic E-state index is 10.9. The Morgan fingerprint density at radius 3 is 2.39 bits per heavy atom. The van der Waals surface area contributed by atoms with Crippen LogP contribution in [-0.2, 0) is 6.54 Å². The zero-order valence-electron chi connectivity index (χ0n) is 17.7. The molecule has 2 aliphatic rings. The van der Waals surface area contributed by atoms with E-state index in [4.69, 9.17) is 38.7 Å². The van der Waals surface area contributed by atoms with E-state index in [1.807, 2.05) is 0 Å². The number of imidazole rings is 1. The van der Waals surface area contributed by atoms with Crippen molar-refractivity contribution in [1.82, 2.24) is 19.4 Å². The van der Waals surface area contributed by atoms with Crippen molar-refractivity contribution in [2.75, 3.05) is 39.3 Å². The standard InChI is InChI=1S/C13H21B10N5O3/c14-20(15)22(18)23(21(16)17)19-7-11(19)8-25-3-5-26(6-4-25)9-12(29)10-27-2-1-24-13(27)28(30)31/h1-2,11-12,29H,3-10H2. The van der Waals surface area contributed by atoms with Crippen molar-refractivity contribution in [3.05, 3.63) is 22.5 Å². The van der Waals surface area contributed by atoms with E-state index in [0.29, 0.717) is 19.0 Å². The molecule has 18 heteroatoms. The second-order valence-electron chi connectivity index (χ2n) is 8.86. The first-order chi connectivity index (χ1) is 14.7. The molecule has 0 bridgehead atoms. The van der Waals surface area contributed by atoms with Crippen LogP contribution in [0.5, 0.6) is 0 Å². The third kappa shape index (κ3) is 6.57. The van der Waals surface area contributed by atoms with E-state index in [1.54, 1.807) is 0 Å². The van der Waals surface area contributed by atoms with E-state index in [9.17, 15) is 15.2 Å². The second-order valence-corrected chi connectivity index (χ2v) is 8.86. The van der Waals surface area contributed by atoms with Gasteiger partial charge in [0.25, 0.3) is 0 Å². The molecule has 2 fully saturated rings. The van der Waals surface area contributed by atoms with Crippen LogP contribution >= 0.6 is 0 Å². The Bertz CT molecular complexity index is 737. The van der Waals surface area contributed by atoms with Gasteiger partial charge in [-0.1, -0.05) is 17.1 Å². The van der Waals surface area contributed by atoms with Crippen molar-refractivity contribution < 1.29 is 10.0 Å². The Kier molecular flexibility index (Phi) is 8.66. The van der Waals surface area contributed by atoms with Crippen molar-refractivity contribution in [2.45, 2.75) is 24.8 Å². The van der Waals surface area contributed by atoms with E-state index >= 15 is 0 Å². The fourth-order valence-corrected chi connectivity index (χ4v) is 4.72. The Morgan fingerprint density at radius 2 is 1.81 bits per heavy atom. The third-order valence-corrected chi connectivity index (χ3v) is 6.50. The Balaban J connectivity index is 1.40. The largest absolute Gasteiger partial charge is 0.434 e. The minimum absolute atomic E-state index is 0.0892. The average molecular weight is 403 g/mol. The minimum atomic E-state index is -0.707. The molecule has 2 saturated heterocycles. The molecule has 2 unspecified atom stereocenters. The summed E-state index contributed by atoms with van der Waals surface area (Å²) in [5, 5.41) is 21.3. The topological polar surface area (TPSA) is 87.7 Å². The van der Waals surface area contributed by atoms with E-state index in [2.05, 4.69) is 14.8 Å². The second kappa shape index (κ2) is 10.8. The van der Waals surface area contributed by atoms with Crippen molar-refractivity contribution in [1.29, 1.82) is 0 Å². The fourth-order valence-electron chi connectivity index (χ4n) is 4.72. The van der Waals surface area contributed by atoms with E-state index in [-0.39, 0.29) is 18.9 Å². The quantitative estimate of drug-likeness (QED) is 0.232. The molecule has 0 aliphatic carbocycles. The highest BCUT2D eigenvalue weighted by molar-refractivity contribution is 8.01.